The summed E-state index contributed by atoms with van der Waals surface area (Å²) in [5, 5.41) is 6.14. The molecule has 0 N–H and O–H groups in total. The molecule has 0 bridgehead atoms. The van der Waals surface area contributed by atoms with E-state index in [0.717, 1.165) is 76.8 Å². The molecule has 10 rings (SSSR count). The number of fused-ring (bicyclic) bond motifs is 8. The summed E-state index contributed by atoms with van der Waals surface area (Å²) in [4.78, 5) is 20.2. The lowest BCUT2D eigenvalue weighted by Gasteiger charge is -2.12. The summed E-state index contributed by atoms with van der Waals surface area (Å²) in [6, 6.07) is 48.8. The van der Waals surface area contributed by atoms with Crippen molar-refractivity contribution in [3.63, 3.8) is 0 Å². The molecule has 0 amide bonds. The predicted octanol–water partition coefficient (Wildman–Crippen LogP) is 10.9. The minimum atomic E-state index is 0.582. The zero-order valence-corrected chi connectivity index (χ0v) is 25.5. The van der Waals surface area contributed by atoms with Gasteiger partial charge in [0.05, 0.1) is 0 Å². The number of rotatable bonds is 4. The van der Waals surface area contributed by atoms with E-state index in [2.05, 4.69) is 48.5 Å². The number of hydrogen-bond acceptors (Lipinski definition) is 6. The topological polar surface area (TPSA) is 77.8 Å². The highest BCUT2D eigenvalue weighted by molar-refractivity contribution is 6.20. The van der Waals surface area contributed by atoms with E-state index in [0.29, 0.717) is 23.4 Å². The highest BCUT2D eigenvalue weighted by Gasteiger charge is 2.20. The molecule has 0 saturated carbocycles. The van der Waals surface area contributed by atoms with Gasteiger partial charge in [0.15, 0.2) is 23.1 Å². The number of furan rings is 1. The van der Waals surface area contributed by atoms with Crippen LogP contribution in [0.4, 0.5) is 0 Å². The molecule has 0 radical (unpaired) electrons. The van der Waals surface area contributed by atoms with Crippen molar-refractivity contribution in [2.45, 2.75) is 0 Å². The number of oxazole rings is 1. The van der Waals surface area contributed by atoms with Gasteiger partial charge < -0.3 is 8.83 Å². The van der Waals surface area contributed by atoms with Crippen LogP contribution in [0.2, 0.25) is 0 Å². The quantitative estimate of drug-likeness (QED) is 0.183. The van der Waals surface area contributed by atoms with Crippen molar-refractivity contribution < 1.29 is 8.83 Å². The van der Waals surface area contributed by atoms with Crippen molar-refractivity contribution >= 4 is 54.6 Å². The molecule has 224 valence electrons. The third-order valence-corrected chi connectivity index (χ3v) is 8.97. The highest BCUT2D eigenvalue weighted by atomic mass is 16.3. The molecule has 10 aromatic rings. The molecule has 7 aromatic carbocycles. The Kier molecular flexibility index (Phi) is 5.77. The Labute approximate surface area is 274 Å². The molecule has 6 heteroatoms. The molecule has 0 saturated heterocycles. The molecule has 6 nitrogen and oxygen atoms in total. The summed E-state index contributed by atoms with van der Waals surface area (Å²) in [7, 11) is 0. The molecule has 0 aliphatic heterocycles. The average molecular weight is 617 g/mol. The Balaban J connectivity index is 1.23. The van der Waals surface area contributed by atoms with E-state index in [-0.39, 0.29) is 0 Å². The van der Waals surface area contributed by atoms with Crippen LogP contribution in [0.25, 0.3) is 100 Å². The first-order chi connectivity index (χ1) is 23.8. The fourth-order valence-corrected chi connectivity index (χ4v) is 6.75. The normalized spacial score (nSPS) is 11.8. The van der Waals surface area contributed by atoms with E-state index in [9.17, 15) is 0 Å². The first kappa shape index (κ1) is 26.5. The van der Waals surface area contributed by atoms with E-state index in [1.165, 1.54) is 0 Å². The second-order valence-corrected chi connectivity index (χ2v) is 11.8. The lowest BCUT2D eigenvalue weighted by atomic mass is 9.97. The first-order valence-electron chi connectivity index (χ1n) is 15.8. The summed E-state index contributed by atoms with van der Waals surface area (Å²) in [5.41, 5.74) is 6.83. The third-order valence-electron chi connectivity index (χ3n) is 8.97. The maximum Gasteiger partial charge on any atom is 0.227 e. The van der Waals surface area contributed by atoms with Gasteiger partial charge in [-0.1, -0.05) is 115 Å². The number of nitrogens with zero attached hydrogens (tertiary/aromatic N) is 4. The van der Waals surface area contributed by atoms with Crippen LogP contribution in [0, 0.1) is 0 Å². The van der Waals surface area contributed by atoms with Gasteiger partial charge in [-0.05, 0) is 46.5 Å². The fourth-order valence-electron chi connectivity index (χ4n) is 6.75. The maximum absolute atomic E-state index is 6.48. The Morgan fingerprint density at radius 1 is 0.375 bits per heavy atom. The van der Waals surface area contributed by atoms with Gasteiger partial charge in [-0.15, -0.1) is 0 Å². The van der Waals surface area contributed by atoms with E-state index < -0.39 is 0 Å². The summed E-state index contributed by atoms with van der Waals surface area (Å²) < 4.78 is 12.7. The monoisotopic (exact) mass is 616 g/mol. The maximum atomic E-state index is 6.48. The zero-order valence-electron chi connectivity index (χ0n) is 25.5. The largest absolute Gasteiger partial charge is 0.456 e. The van der Waals surface area contributed by atoms with Crippen molar-refractivity contribution in [3.8, 4) is 45.6 Å². The molecule has 0 atom stereocenters. The molecule has 3 heterocycles. The van der Waals surface area contributed by atoms with E-state index in [1.807, 2.05) is 97.1 Å². The minimum absolute atomic E-state index is 0.582. The van der Waals surface area contributed by atoms with Gasteiger partial charge in [0.1, 0.15) is 16.7 Å². The minimum Gasteiger partial charge on any atom is -0.456 e. The standard InChI is InChI=1S/C42H24N4O2/c1-3-11-26(12-4-1)39-44-40(46-41(45-39)32-18-10-20-35-37(32)31-15-7-8-19-34(31)47-35)30-17-9-16-29-28(30)23-21-25-22-24-33-38(36(25)29)48-42(43-33)27-13-5-2-6-14-27/h1-24H. The third kappa shape index (κ3) is 4.13. The SMILES string of the molecule is c1ccc(-c2nc(-c3cccc4c3ccc3ccc5nc(-c6ccccc6)oc5c34)nc(-c3cccc4oc5ccccc5c34)n2)cc1. The van der Waals surface area contributed by atoms with Crippen LogP contribution >= 0.6 is 0 Å². The van der Waals surface area contributed by atoms with Crippen LogP contribution in [0.3, 0.4) is 0 Å². The van der Waals surface area contributed by atoms with Crippen molar-refractivity contribution in [3.05, 3.63) is 146 Å². The van der Waals surface area contributed by atoms with Crippen molar-refractivity contribution in [1.82, 2.24) is 19.9 Å². The molecule has 0 aliphatic rings. The van der Waals surface area contributed by atoms with Crippen molar-refractivity contribution in [2.75, 3.05) is 0 Å². The zero-order chi connectivity index (χ0) is 31.6. The Morgan fingerprint density at radius 2 is 1.02 bits per heavy atom. The van der Waals surface area contributed by atoms with Gasteiger partial charge >= 0.3 is 0 Å². The Morgan fingerprint density at radius 3 is 1.88 bits per heavy atom. The van der Waals surface area contributed by atoms with Crippen molar-refractivity contribution in [1.29, 1.82) is 0 Å². The van der Waals surface area contributed by atoms with Gasteiger partial charge in [0, 0.05) is 38.4 Å². The van der Waals surface area contributed by atoms with E-state index in [4.69, 9.17) is 28.8 Å². The van der Waals surface area contributed by atoms with Crippen LogP contribution in [0.15, 0.2) is 154 Å². The van der Waals surface area contributed by atoms with Crippen LogP contribution in [-0.2, 0) is 0 Å². The number of benzene rings is 7. The average Bonchev–Trinajstić information content (AvgIpc) is 3.77. The molecular formula is C42H24N4O2. The second kappa shape index (κ2) is 10.4. The Hall–Kier alpha value is -6.66. The molecular weight excluding hydrogens is 592 g/mol. The second-order valence-electron chi connectivity index (χ2n) is 11.8. The smallest absolute Gasteiger partial charge is 0.227 e. The van der Waals surface area contributed by atoms with Crippen LogP contribution in [-0.4, -0.2) is 19.9 Å². The predicted molar refractivity (Wildman–Crippen MR) is 191 cm³/mol. The van der Waals surface area contributed by atoms with Gasteiger partial charge in [0.25, 0.3) is 0 Å². The van der Waals surface area contributed by atoms with Gasteiger partial charge in [-0.25, -0.2) is 19.9 Å². The number of hydrogen-bond donors (Lipinski definition) is 0. The molecule has 0 unspecified atom stereocenters. The van der Waals surface area contributed by atoms with Gasteiger partial charge in [0.2, 0.25) is 5.89 Å². The lowest BCUT2D eigenvalue weighted by molar-refractivity contribution is 0.623. The summed E-state index contributed by atoms with van der Waals surface area (Å²) >= 11 is 0. The molecule has 48 heavy (non-hydrogen) atoms. The van der Waals surface area contributed by atoms with Gasteiger partial charge in [-0.2, -0.15) is 0 Å². The summed E-state index contributed by atoms with van der Waals surface area (Å²) in [5.74, 6) is 2.37. The van der Waals surface area contributed by atoms with Crippen LogP contribution < -0.4 is 0 Å². The fraction of sp³-hybridized carbons (Fsp3) is 0. The number of aromatic nitrogens is 4. The summed E-state index contributed by atoms with van der Waals surface area (Å²) in [6.07, 6.45) is 0. The lowest BCUT2D eigenvalue weighted by Crippen LogP contribution is -2.00. The number of para-hydroxylation sites is 1. The van der Waals surface area contributed by atoms with Crippen molar-refractivity contribution in [2.24, 2.45) is 0 Å². The molecule has 0 aliphatic carbocycles. The van der Waals surface area contributed by atoms with E-state index >= 15 is 0 Å². The van der Waals surface area contributed by atoms with Gasteiger partial charge in [-0.3, -0.25) is 0 Å². The molecule has 0 fully saturated rings. The Bertz CT molecular complexity index is 2840. The van der Waals surface area contributed by atoms with Crippen LogP contribution in [0.5, 0.6) is 0 Å². The molecule has 0 spiro atoms. The molecule has 3 aromatic heterocycles. The van der Waals surface area contributed by atoms with E-state index in [1.54, 1.807) is 0 Å². The van der Waals surface area contributed by atoms with Crippen LogP contribution in [0.1, 0.15) is 0 Å². The highest BCUT2D eigenvalue weighted by Crippen LogP contribution is 2.40. The summed E-state index contributed by atoms with van der Waals surface area (Å²) in [6.45, 7) is 0. The first-order valence-corrected chi connectivity index (χ1v) is 15.8.